The lowest BCUT2D eigenvalue weighted by atomic mass is 10.1. The van der Waals surface area contributed by atoms with E-state index in [1.165, 1.54) is 12.8 Å². The standard InChI is InChI=1S/C12H15Cl2N/c1-8(15-7-9-2-3-9)10-4-11(13)6-12(14)5-10/h4-6,8-9,15H,2-3,7H2,1H3. The van der Waals surface area contributed by atoms with Crippen molar-refractivity contribution in [1.82, 2.24) is 5.32 Å². The topological polar surface area (TPSA) is 12.0 Å². The number of hydrogen-bond donors (Lipinski definition) is 1. The quantitative estimate of drug-likeness (QED) is 0.842. The molecule has 1 aliphatic carbocycles. The molecule has 1 aromatic rings. The number of benzene rings is 1. The summed E-state index contributed by atoms with van der Waals surface area (Å²) in [6, 6.07) is 6.03. The minimum absolute atomic E-state index is 0.321. The van der Waals surface area contributed by atoms with Gasteiger partial charge >= 0.3 is 0 Å². The SMILES string of the molecule is CC(NCC1CC1)c1cc(Cl)cc(Cl)c1. The first kappa shape index (κ1) is 11.3. The van der Waals surface area contributed by atoms with Gasteiger partial charge in [-0.05, 0) is 56.0 Å². The second kappa shape index (κ2) is 4.73. The van der Waals surface area contributed by atoms with Crippen molar-refractivity contribution in [2.75, 3.05) is 6.54 Å². The number of hydrogen-bond acceptors (Lipinski definition) is 1. The zero-order valence-electron chi connectivity index (χ0n) is 8.76. The highest BCUT2D eigenvalue weighted by atomic mass is 35.5. The molecule has 0 bridgehead atoms. The van der Waals surface area contributed by atoms with Crippen LogP contribution in [0.3, 0.4) is 0 Å². The Morgan fingerprint density at radius 3 is 2.40 bits per heavy atom. The molecule has 1 aliphatic rings. The largest absolute Gasteiger partial charge is 0.310 e. The van der Waals surface area contributed by atoms with Gasteiger partial charge in [0.2, 0.25) is 0 Å². The lowest BCUT2D eigenvalue weighted by Gasteiger charge is -2.14. The van der Waals surface area contributed by atoms with Crippen LogP contribution in [0.2, 0.25) is 10.0 Å². The summed E-state index contributed by atoms with van der Waals surface area (Å²) in [6.07, 6.45) is 2.74. The first-order chi connectivity index (χ1) is 7.15. The van der Waals surface area contributed by atoms with Gasteiger partial charge in [-0.25, -0.2) is 0 Å². The molecule has 1 aromatic carbocycles. The van der Waals surface area contributed by atoms with Crippen LogP contribution >= 0.6 is 23.2 Å². The van der Waals surface area contributed by atoms with Gasteiger partial charge in [-0.1, -0.05) is 23.2 Å². The van der Waals surface area contributed by atoms with E-state index in [1.54, 1.807) is 6.07 Å². The Kier molecular flexibility index (Phi) is 3.55. The molecule has 0 aliphatic heterocycles. The Labute approximate surface area is 101 Å². The Morgan fingerprint density at radius 2 is 1.87 bits per heavy atom. The molecular formula is C12H15Cl2N. The van der Waals surface area contributed by atoms with E-state index >= 15 is 0 Å². The highest BCUT2D eigenvalue weighted by Crippen LogP contribution is 2.29. The molecule has 0 saturated heterocycles. The molecule has 3 heteroatoms. The van der Waals surface area contributed by atoms with Gasteiger partial charge in [0.1, 0.15) is 0 Å². The Hall–Kier alpha value is -0.240. The van der Waals surface area contributed by atoms with E-state index in [9.17, 15) is 0 Å². The fraction of sp³-hybridized carbons (Fsp3) is 0.500. The summed E-state index contributed by atoms with van der Waals surface area (Å²) in [5, 5.41) is 4.91. The van der Waals surface area contributed by atoms with E-state index in [-0.39, 0.29) is 0 Å². The first-order valence-electron chi connectivity index (χ1n) is 5.34. The molecule has 0 amide bonds. The van der Waals surface area contributed by atoms with Crippen LogP contribution < -0.4 is 5.32 Å². The van der Waals surface area contributed by atoms with Crippen LogP contribution in [0.4, 0.5) is 0 Å². The molecule has 1 unspecified atom stereocenters. The minimum Gasteiger partial charge on any atom is -0.310 e. The minimum atomic E-state index is 0.321. The van der Waals surface area contributed by atoms with Crippen molar-refractivity contribution in [2.24, 2.45) is 5.92 Å². The summed E-state index contributed by atoms with van der Waals surface area (Å²) in [5.74, 6) is 0.891. The lowest BCUT2D eigenvalue weighted by Crippen LogP contribution is -2.21. The van der Waals surface area contributed by atoms with Gasteiger partial charge in [-0.15, -0.1) is 0 Å². The summed E-state index contributed by atoms with van der Waals surface area (Å²) >= 11 is 11.9. The molecule has 2 rings (SSSR count). The monoisotopic (exact) mass is 243 g/mol. The molecule has 0 aromatic heterocycles. The van der Waals surface area contributed by atoms with E-state index in [0.717, 1.165) is 18.0 Å². The van der Waals surface area contributed by atoms with Crippen LogP contribution in [0.15, 0.2) is 18.2 Å². The smallest absolute Gasteiger partial charge is 0.0424 e. The summed E-state index contributed by atoms with van der Waals surface area (Å²) in [6.45, 7) is 3.25. The summed E-state index contributed by atoms with van der Waals surface area (Å²) in [4.78, 5) is 0. The van der Waals surface area contributed by atoms with Gasteiger partial charge in [0.05, 0.1) is 0 Å². The third kappa shape index (κ3) is 3.37. The van der Waals surface area contributed by atoms with Gasteiger partial charge < -0.3 is 5.32 Å². The molecular weight excluding hydrogens is 229 g/mol. The van der Waals surface area contributed by atoms with E-state index in [2.05, 4.69) is 12.2 Å². The molecule has 1 atom stereocenters. The first-order valence-corrected chi connectivity index (χ1v) is 6.10. The Morgan fingerprint density at radius 1 is 1.27 bits per heavy atom. The maximum Gasteiger partial charge on any atom is 0.0424 e. The van der Waals surface area contributed by atoms with E-state index in [0.29, 0.717) is 16.1 Å². The second-order valence-corrected chi connectivity index (χ2v) is 5.15. The highest BCUT2D eigenvalue weighted by Gasteiger charge is 2.21. The number of rotatable bonds is 4. The highest BCUT2D eigenvalue weighted by molar-refractivity contribution is 6.34. The molecule has 1 nitrogen and oxygen atoms in total. The normalized spacial score (nSPS) is 17.8. The fourth-order valence-corrected chi connectivity index (χ4v) is 2.15. The van der Waals surface area contributed by atoms with Gasteiger partial charge in [0.25, 0.3) is 0 Å². The van der Waals surface area contributed by atoms with Gasteiger partial charge in [0, 0.05) is 16.1 Å². The molecule has 1 fully saturated rings. The average molecular weight is 244 g/mol. The Bertz CT molecular complexity index is 327. The predicted octanol–water partition coefficient (Wildman–Crippen LogP) is 4.05. The summed E-state index contributed by atoms with van der Waals surface area (Å²) in [7, 11) is 0. The average Bonchev–Trinajstić information content (AvgIpc) is 2.96. The van der Waals surface area contributed by atoms with Crippen molar-refractivity contribution in [2.45, 2.75) is 25.8 Å². The molecule has 0 spiro atoms. The molecule has 15 heavy (non-hydrogen) atoms. The lowest BCUT2D eigenvalue weighted by molar-refractivity contribution is 0.549. The van der Waals surface area contributed by atoms with E-state index in [1.807, 2.05) is 12.1 Å². The van der Waals surface area contributed by atoms with Crippen LogP contribution in [-0.4, -0.2) is 6.54 Å². The zero-order valence-corrected chi connectivity index (χ0v) is 10.3. The van der Waals surface area contributed by atoms with Crippen molar-refractivity contribution in [3.05, 3.63) is 33.8 Å². The van der Waals surface area contributed by atoms with Crippen LogP contribution in [0.5, 0.6) is 0 Å². The molecule has 1 saturated carbocycles. The number of nitrogens with one attached hydrogen (secondary N) is 1. The van der Waals surface area contributed by atoms with Crippen LogP contribution in [-0.2, 0) is 0 Å². The fourth-order valence-electron chi connectivity index (χ4n) is 1.61. The van der Waals surface area contributed by atoms with Crippen LogP contribution in [0.1, 0.15) is 31.4 Å². The van der Waals surface area contributed by atoms with Crippen molar-refractivity contribution in [3.63, 3.8) is 0 Å². The predicted molar refractivity (Wildman–Crippen MR) is 65.6 cm³/mol. The maximum atomic E-state index is 5.96. The Balaban J connectivity index is 1.99. The van der Waals surface area contributed by atoms with E-state index in [4.69, 9.17) is 23.2 Å². The molecule has 0 radical (unpaired) electrons. The summed E-state index contributed by atoms with van der Waals surface area (Å²) < 4.78 is 0. The molecule has 1 N–H and O–H groups in total. The van der Waals surface area contributed by atoms with Crippen molar-refractivity contribution in [3.8, 4) is 0 Å². The van der Waals surface area contributed by atoms with Crippen LogP contribution in [0.25, 0.3) is 0 Å². The summed E-state index contributed by atoms with van der Waals surface area (Å²) in [5.41, 5.74) is 1.16. The second-order valence-electron chi connectivity index (χ2n) is 4.28. The van der Waals surface area contributed by atoms with E-state index < -0.39 is 0 Å². The van der Waals surface area contributed by atoms with Crippen molar-refractivity contribution >= 4 is 23.2 Å². The van der Waals surface area contributed by atoms with Gasteiger partial charge in [0.15, 0.2) is 0 Å². The zero-order chi connectivity index (χ0) is 10.8. The van der Waals surface area contributed by atoms with Gasteiger partial charge in [-0.2, -0.15) is 0 Å². The maximum absolute atomic E-state index is 5.96. The van der Waals surface area contributed by atoms with Crippen LogP contribution in [0, 0.1) is 5.92 Å². The third-order valence-electron chi connectivity index (χ3n) is 2.79. The molecule has 0 heterocycles. The van der Waals surface area contributed by atoms with Crippen molar-refractivity contribution in [1.29, 1.82) is 0 Å². The van der Waals surface area contributed by atoms with Gasteiger partial charge in [-0.3, -0.25) is 0 Å². The molecule has 82 valence electrons. The number of halogens is 2. The van der Waals surface area contributed by atoms with Crippen molar-refractivity contribution < 1.29 is 0 Å². The third-order valence-corrected chi connectivity index (χ3v) is 3.23.